The number of aromatic nitrogens is 1. The van der Waals surface area contributed by atoms with E-state index in [4.69, 9.17) is 14.5 Å². The summed E-state index contributed by atoms with van der Waals surface area (Å²) in [5.41, 5.74) is 1.21. The maximum Gasteiger partial charge on any atom is 0.407 e. The Bertz CT molecular complexity index is 1960. The second-order valence-electron chi connectivity index (χ2n) is 16.3. The molecule has 2 aliphatic carbocycles. The molecular weight excluding hydrogens is 711 g/mol. The molecule has 3 fully saturated rings. The molecule has 0 bridgehead atoms. The smallest absolute Gasteiger partial charge is 0.407 e. The number of benzene rings is 1. The molecule has 1 saturated heterocycles. The van der Waals surface area contributed by atoms with E-state index in [9.17, 15) is 27.6 Å². The number of allylic oxidation sites excluding steroid dienone is 1. The van der Waals surface area contributed by atoms with Crippen LogP contribution in [0, 0.1) is 19.8 Å². The maximum absolute atomic E-state index is 14.6. The van der Waals surface area contributed by atoms with E-state index in [2.05, 4.69) is 28.3 Å². The van der Waals surface area contributed by atoms with Crippen LogP contribution in [0.4, 0.5) is 4.79 Å². The highest BCUT2D eigenvalue weighted by atomic mass is 32.2. The molecule has 2 saturated carbocycles. The normalized spacial score (nSPS) is 25.6. The summed E-state index contributed by atoms with van der Waals surface area (Å²) in [4.78, 5) is 61.2. The highest BCUT2D eigenvalue weighted by Gasteiger charge is 2.59. The third kappa shape index (κ3) is 7.81. The third-order valence-corrected chi connectivity index (χ3v) is 13.8. The number of hydrogen-bond acceptors (Lipinski definition) is 9. The first kappa shape index (κ1) is 39.5. The summed E-state index contributed by atoms with van der Waals surface area (Å²) in [7, 11) is -4.00. The topological polar surface area (TPSA) is 173 Å². The van der Waals surface area contributed by atoms with Crippen molar-refractivity contribution in [2.45, 2.75) is 140 Å². The Morgan fingerprint density at radius 1 is 1.11 bits per heavy atom. The van der Waals surface area contributed by atoms with Gasteiger partial charge >= 0.3 is 6.09 Å². The minimum atomic E-state index is -4.00. The molecule has 4 aliphatic rings. The number of pyridine rings is 1. The first-order valence-electron chi connectivity index (χ1n) is 19.4. The average Bonchev–Trinajstić information content (AvgIpc) is 3.77. The summed E-state index contributed by atoms with van der Waals surface area (Å²) in [6, 6.07) is 5.03. The second-order valence-corrected chi connectivity index (χ2v) is 18.5. The van der Waals surface area contributed by atoms with Gasteiger partial charge in [-0.05, 0) is 98.1 Å². The Hall–Kier alpha value is -4.20. The Labute approximate surface area is 318 Å². The molecule has 3 heterocycles. The van der Waals surface area contributed by atoms with Crippen molar-refractivity contribution < 1.29 is 37.1 Å². The van der Waals surface area contributed by atoms with Crippen molar-refractivity contribution in [3.63, 3.8) is 0 Å². The Balaban J connectivity index is 1.30. The van der Waals surface area contributed by atoms with Gasteiger partial charge in [-0.3, -0.25) is 19.1 Å². The lowest BCUT2D eigenvalue weighted by atomic mass is 9.65. The lowest BCUT2D eigenvalue weighted by Gasteiger charge is -2.47. The van der Waals surface area contributed by atoms with Crippen LogP contribution in [-0.4, -0.2) is 83.2 Å². The number of carbonyl (C=O) groups excluding carboxylic acids is 4. The van der Waals surface area contributed by atoms with Crippen LogP contribution in [0.3, 0.4) is 0 Å². The minimum Gasteiger partial charge on any atom is -0.483 e. The number of rotatable bonds is 13. The number of sulfonamides is 1. The van der Waals surface area contributed by atoms with E-state index < -0.39 is 74.3 Å². The maximum atomic E-state index is 14.6. The van der Waals surface area contributed by atoms with E-state index in [0.717, 1.165) is 47.7 Å². The van der Waals surface area contributed by atoms with Crippen molar-refractivity contribution in [1.82, 2.24) is 25.2 Å². The lowest BCUT2D eigenvalue weighted by Crippen LogP contribution is -2.70. The van der Waals surface area contributed by atoms with Gasteiger partial charge in [0.2, 0.25) is 21.8 Å². The number of amides is 4. The second kappa shape index (κ2) is 15.1. The van der Waals surface area contributed by atoms with Crippen molar-refractivity contribution in [3.05, 3.63) is 47.2 Å². The molecule has 2 aliphatic heterocycles. The van der Waals surface area contributed by atoms with E-state index in [1.54, 1.807) is 20.8 Å². The Morgan fingerprint density at radius 3 is 2.54 bits per heavy atom. The molecule has 14 heteroatoms. The fourth-order valence-corrected chi connectivity index (χ4v) is 9.29. The molecule has 6 rings (SSSR count). The quantitative estimate of drug-likeness (QED) is 0.186. The van der Waals surface area contributed by atoms with Gasteiger partial charge in [-0.1, -0.05) is 43.5 Å². The molecular formula is C40H55N5O8S. The molecule has 2 aromatic rings. The fourth-order valence-electron chi connectivity index (χ4n) is 7.98. The van der Waals surface area contributed by atoms with Crippen LogP contribution in [0.1, 0.15) is 109 Å². The molecule has 1 aromatic heterocycles. The SMILES string of the molecule is CCCCCC=CC1CCC1(NC(=O)C1CC2(CCc3c(c(C)nc4ccc(C)cc34)O2)CN1C(=O)CNC(=O)OC(C)C)C(=O)NS(=O)(=O)C1(C)CC1. The van der Waals surface area contributed by atoms with Crippen molar-refractivity contribution in [2.75, 3.05) is 13.1 Å². The standard InChI is InChI=1S/C40H55N5O8S/c1-7-8-9-10-11-12-28-15-18-40(28,36(48)44-54(50,51)38(6)19-20-38)43-35(47)32-22-39(24-45(32)33(46)23-41-37(49)52-25(2)3)17-16-29-30-21-26(4)13-14-31(30)42-27(5)34(29)53-39/h11-14,21,25,28,32H,7-10,15-20,22-24H2,1-6H3,(H,41,49)(H,43,47)(H,44,48). The van der Waals surface area contributed by atoms with Gasteiger partial charge in [0, 0.05) is 23.3 Å². The highest BCUT2D eigenvalue weighted by Crippen LogP contribution is 2.47. The van der Waals surface area contributed by atoms with Crippen LogP contribution in [0.2, 0.25) is 0 Å². The number of hydrogen-bond donors (Lipinski definition) is 3. The van der Waals surface area contributed by atoms with Crippen LogP contribution < -0.4 is 20.1 Å². The monoisotopic (exact) mass is 765 g/mol. The predicted octanol–water partition coefficient (Wildman–Crippen LogP) is 5.05. The van der Waals surface area contributed by atoms with Crippen molar-refractivity contribution >= 4 is 44.7 Å². The fraction of sp³-hybridized carbons (Fsp3) is 0.625. The van der Waals surface area contributed by atoms with E-state index in [1.807, 2.05) is 38.1 Å². The third-order valence-electron chi connectivity index (χ3n) is 11.7. The predicted molar refractivity (Wildman–Crippen MR) is 204 cm³/mol. The number of nitrogens with zero attached hydrogens (tertiary/aromatic N) is 2. The summed E-state index contributed by atoms with van der Waals surface area (Å²) in [6.07, 6.45) is 9.62. The van der Waals surface area contributed by atoms with Crippen LogP contribution in [0.25, 0.3) is 10.9 Å². The molecule has 1 spiro atoms. The van der Waals surface area contributed by atoms with E-state index in [0.29, 0.717) is 43.5 Å². The minimum absolute atomic E-state index is 0.0578. The van der Waals surface area contributed by atoms with Gasteiger partial charge in [-0.2, -0.15) is 0 Å². The number of likely N-dealkylation sites (tertiary alicyclic amines) is 1. The van der Waals surface area contributed by atoms with Gasteiger partial charge in [0.15, 0.2) is 0 Å². The van der Waals surface area contributed by atoms with E-state index in [1.165, 1.54) is 4.90 Å². The summed E-state index contributed by atoms with van der Waals surface area (Å²) in [6.45, 7) is 10.7. The average molecular weight is 766 g/mol. The lowest BCUT2D eigenvalue weighted by molar-refractivity contribution is -0.143. The zero-order valence-corrected chi connectivity index (χ0v) is 33.2. The van der Waals surface area contributed by atoms with Gasteiger partial charge in [-0.25, -0.2) is 18.2 Å². The molecule has 4 unspecified atom stereocenters. The number of carbonyl (C=O) groups is 4. The number of unbranched alkanes of at least 4 members (excludes halogenated alkanes) is 3. The highest BCUT2D eigenvalue weighted by molar-refractivity contribution is 7.91. The molecule has 3 N–H and O–H groups in total. The molecule has 4 amide bonds. The summed E-state index contributed by atoms with van der Waals surface area (Å²) in [5, 5.41) is 6.48. The summed E-state index contributed by atoms with van der Waals surface area (Å²) in [5.74, 6) is -1.69. The largest absolute Gasteiger partial charge is 0.483 e. The Morgan fingerprint density at radius 2 is 1.87 bits per heavy atom. The number of ether oxygens (including phenoxy) is 2. The molecule has 1 aromatic carbocycles. The van der Waals surface area contributed by atoms with E-state index >= 15 is 0 Å². The van der Waals surface area contributed by atoms with Crippen LogP contribution in [-0.2, 0) is 35.6 Å². The van der Waals surface area contributed by atoms with Gasteiger partial charge in [-0.15, -0.1) is 0 Å². The van der Waals surface area contributed by atoms with E-state index in [-0.39, 0.29) is 19.4 Å². The zero-order valence-electron chi connectivity index (χ0n) is 32.4. The first-order chi connectivity index (χ1) is 25.5. The number of aryl methyl sites for hydroxylation is 3. The van der Waals surface area contributed by atoms with Crippen LogP contribution >= 0.6 is 0 Å². The van der Waals surface area contributed by atoms with Crippen LogP contribution in [0.5, 0.6) is 5.75 Å². The van der Waals surface area contributed by atoms with Crippen molar-refractivity contribution in [3.8, 4) is 5.75 Å². The van der Waals surface area contributed by atoms with Crippen molar-refractivity contribution in [1.29, 1.82) is 0 Å². The molecule has 294 valence electrons. The zero-order chi connectivity index (χ0) is 39.1. The molecule has 13 nitrogen and oxygen atoms in total. The van der Waals surface area contributed by atoms with Gasteiger partial charge in [0.25, 0.3) is 5.91 Å². The summed E-state index contributed by atoms with van der Waals surface area (Å²) >= 11 is 0. The molecule has 0 radical (unpaired) electrons. The first-order valence-corrected chi connectivity index (χ1v) is 20.9. The van der Waals surface area contributed by atoms with Crippen molar-refractivity contribution in [2.24, 2.45) is 5.92 Å². The number of alkyl carbamates (subject to hydrolysis) is 1. The number of fused-ring (bicyclic) bond motifs is 3. The Kier molecular flexibility index (Phi) is 11.1. The summed E-state index contributed by atoms with van der Waals surface area (Å²) < 4.78 is 39.8. The van der Waals surface area contributed by atoms with Gasteiger partial charge < -0.3 is 25.0 Å². The van der Waals surface area contributed by atoms with Gasteiger partial charge in [0.1, 0.15) is 29.5 Å². The van der Waals surface area contributed by atoms with Gasteiger partial charge in [0.05, 0.1) is 28.6 Å². The number of nitrogens with one attached hydrogen (secondary N) is 3. The molecule has 54 heavy (non-hydrogen) atoms. The molecule has 4 atom stereocenters. The van der Waals surface area contributed by atoms with Crippen LogP contribution in [0.15, 0.2) is 30.4 Å².